The van der Waals surface area contributed by atoms with E-state index in [1.165, 1.54) is 70.9 Å². The van der Waals surface area contributed by atoms with Crippen LogP contribution in [-0.4, -0.2) is 6.88 Å². The maximum atomic E-state index is 3.06. The minimum Gasteiger partial charge on any atom is -0.168 e. The topological polar surface area (TPSA) is 0 Å². The van der Waals surface area contributed by atoms with Gasteiger partial charge >= 0.3 is 30.2 Å². The predicted octanol–water partition coefficient (Wildman–Crippen LogP) is 8.50. The van der Waals surface area contributed by atoms with Crippen LogP contribution in [0.25, 0.3) is 16.8 Å². The number of hydrogen-bond acceptors (Lipinski definition) is 0. The van der Waals surface area contributed by atoms with E-state index in [0.29, 0.717) is 5.92 Å². The minimum atomic E-state index is 0. The molecule has 4 heteroatoms. The van der Waals surface area contributed by atoms with Crippen molar-refractivity contribution in [1.29, 1.82) is 0 Å². The largest absolute Gasteiger partial charge is 0.168 e. The van der Waals surface area contributed by atoms with Crippen molar-refractivity contribution in [2.45, 2.75) is 38.5 Å². The molecule has 3 aromatic rings. The van der Waals surface area contributed by atoms with Gasteiger partial charge in [-0.25, -0.2) is 0 Å². The third kappa shape index (κ3) is 10.7. The molecule has 0 nitrogen and oxygen atoms in total. The van der Waals surface area contributed by atoms with E-state index in [0.717, 1.165) is 0 Å². The van der Waals surface area contributed by atoms with Crippen molar-refractivity contribution in [2.75, 3.05) is 0 Å². The van der Waals surface area contributed by atoms with E-state index < -0.39 is 0 Å². The summed E-state index contributed by atoms with van der Waals surface area (Å²) in [6.07, 6.45) is 12.1. The second-order valence-electron chi connectivity index (χ2n) is 6.40. The molecule has 0 amide bonds. The summed E-state index contributed by atoms with van der Waals surface area (Å²) in [5.74, 6) is 0.661. The average molecular weight is 537 g/mol. The van der Waals surface area contributed by atoms with Crippen molar-refractivity contribution in [2.24, 2.45) is 0 Å². The smallest absolute Gasteiger partial charge is 0.0809 e. The summed E-state index contributed by atoms with van der Waals surface area (Å²) < 4.78 is 0. The van der Waals surface area contributed by atoms with Crippen LogP contribution in [0.3, 0.4) is 0 Å². The zero-order valence-corrected chi connectivity index (χ0v) is 23.4. The molecule has 0 aromatic heterocycles. The Morgan fingerprint density at radius 1 is 0.933 bits per heavy atom. The standard InChI is InChI=1S/C15H19.C9H7.2CH3.2ClH.Si.Zr/c1-2-3-4-5-8-13-11-12-14-9-6-7-10-15(13)14;1-2-5-9-7-3-6-8(9)4-1;;;;;;/h4,6-7,9-13H,2-3,5,8H2,1H3;1-7H;2*1H3;2*1H;;/q4*-1;;;;. The normalized spacial score (nSPS) is 12.2. The molecule has 0 heterocycles. The SMILES string of the molecule is CCC[CH-]CCC1C=Cc2ccccc21.Cl.Cl.[CH3-].[CH3-].[Si]=[Zr].c1ccc2[cH-]ccc2c1. The van der Waals surface area contributed by atoms with Gasteiger partial charge in [-0.3, -0.25) is 0 Å². The Hall–Kier alpha value is -0.530. The van der Waals surface area contributed by atoms with E-state index in [9.17, 15) is 0 Å². The molecule has 4 rings (SSSR count). The summed E-state index contributed by atoms with van der Waals surface area (Å²) in [5, 5.41) is 2.66. The molecule has 30 heavy (non-hydrogen) atoms. The summed E-state index contributed by atoms with van der Waals surface area (Å²) >= 11 is 1.36. The number of halogens is 2. The number of fused-ring (bicyclic) bond motifs is 2. The third-order valence-electron chi connectivity index (χ3n) is 4.63. The molecule has 0 fully saturated rings. The molecule has 1 atom stereocenters. The van der Waals surface area contributed by atoms with Gasteiger partial charge in [-0.1, -0.05) is 62.2 Å². The number of rotatable bonds is 5. The van der Waals surface area contributed by atoms with Gasteiger partial charge in [0.05, 0.1) is 0 Å². The van der Waals surface area contributed by atoms with Crippen LogP contribution in [0.15, 0.2) is 72.8 Å². The van der Waals surface area contributed by atoms with Gasteiger partial charge < -0.3 is 21.3 Å². The van der Waals surface area contributed by atoms with Gasteiger partial charge in [0.1, 0.15) is 0 Å². The van der Waals surface area contributed by atoms with Gasteiger partial charge in [-0.15, -0.1) is 54.5 Å². The van der Waals surface area contributed by atoms with Crippen LogP contribution < -0.4 is 0 Å². The van der Waals surface area contributed by atoms with Crippen LogP contribution >= 0.6 is 24.8 Å². The Bertz CT molecular complexity index is 783. The molecule has 0 saturated heterocycles. The van der Waals surface area contributed by atoms with E-state index >= 15 is 0 Å². The number of hydrogen-bond donors (Lipinski definition) is 0. The van der Waals surface area contributed by atoms with Gasteiger partial charge in [0.15, 0.2) is 0 Å². The summed E-state index contributed by atoms with van der Waals surface area (Å²) in [7, 11) is 0. The van der Waals surface area contributed by atoms with Crippen molar-refractivity contribution in [3.8, 4) is 0 Å². The van der Waals surface area contributed by atoms with Crippen molar-refractivity contribution >= 4 is 48.5 Å². The Morgan fingerprint density at radius 3 is 2.30 bits per heavy atom. The Balaban J connectivity index is -0.000000426. The molecule has 1 unspecified atom stereocenters. The molecular weight excluding hydrogens is 503 g/mol. The second-order valence-corrected chi connectivity index (χ2v) is 6.40. The minimum absolute atomic E-state index is 0. The Labute approximate surface area is 214 Å². The van der Waals surface area contributed by atoms with Crippen molar-refractivity contribution < 1.29 is 23.3 Å². The number of allylic oxidation sites excluding steroid dienone is 1. The van der Waals surface area contributed by atoms with Gasteiger partial charge in [0, 0.05) is 5.92 Å². The molecule has 1 aliphatic carbocycles. The average Bonchev–Trinajstić information content (AvgIpc) is 3.34. The first-order valence-electron chi connectivity index (χ1n) is 9.32. The van der Waals surface area contributed by atoms with E-state index in [-0.39, 0.29) is 39.7 Å². The summed E-state index contributed by atoms with van der Waals surface area (Å²) in [6, 6.07) is 23.4. The summed E-state index contributed by atoms with van der Waals surface area (Å²) in [4.78, 5) is 0. The first-order chi connectivity index (χ1) is 12.9. The number of benzene rings is 2. The predicted molar refractivity (Wildman–Crippen MR) is 139 cm³/mol. The van der Waals surface area contributed by atoms with Gasteiger partial charge in [-0.05, 0) is 11.1 Å². The molecule has 0 aliphatic heterocycles. The van der Waals surface area contributed by atoms with E-state index in [4.69, 9.17) is 0 Å². The quantitative estimate of drug-likeness (QED) is 0.174. The van der Waals surface area contributed by atoms with Crippen LogP contribution in [0, 0.1) is 21.3 Å². The zero-order chi connectivity index (χ0) is 18.6. The third-order valence-corrected chi connectivity index (χ3v) is 4.63. The fourth-order valence-corrected chi connectivity index (χ4v) is 3.29. The second kappa shape index (κ2) is 20.4. The first-order valence-corrected chi connectivity index (χ1v) is 13.5. The van der Waals surface area contributed by atoms with E-state index in [1.807, 2.05) is 0 Å². The van der Waals surface area contributed by atoms with E-state index in [1.54, 1.807) is 0 Å². The molecule has 3 aromatic carbocycles. The molecular formula is C26H34Cl2SiZr-4. The van der Waals surface area contributed by atoms with Crippen molar-refractivity contribution in [1.82, 2.24) is 0 Å². The van der Waals surface area contributed by atoms with Crippen LogP contribution in [0.5, 0.6) is 0 Å². The molecule has 164 valence electrons. The van der Waals surface area contributed by atoms with Crippen LogP contribution in [0.4, 0.5) is 0 Å². The molecule has 0 saturated carbocycles. The number of unbranched alkanes of at least 4 members (excludes halogenated alkanes) is 3. The van der Waals surface area contributed by atoms with Gasteiger partial charge in [-0.2, -0.15) is 30.4 Å². The van der Waals surface area contributed by atoms with E-state index in [2.05, 4.69) is 99.1 Å². The van der Waals surface area contributed by atoms with Gasteiger partial charge in [0.2, 0.25) is 0 Å². The maximum absolute atomic E-state index is 3.06. The summed E-state index contributed by atoms with van der Waals surface area (Å²) in [6.45, 7) is 5.30. The first kappa shape index (κ1) is 34.1. The maximum Gasteiger partial charge on any atom is -0.0809 e. The Kier molecular flexibility index (Phi) is 23.2. The van der Waals surface area contributed by atoms with Crippen LogP contribution in [0.2, 0.25) is 0 Å². The molecule has 2 radical (unpaired) electrons. The molecule has 0 bridgehead atoms. The zero-order valence-electron chi connectivity index (χ0n) is 18.3. The van der Waals surface area contributed by atoms with Gasteiger partial charge in [0.25, 0.3) is 0 Å². The van der Waals surface area contributed by atoms with Crippen LogP contribution in [0.1, 0.15) is 49.7 Å². The van der Waals surface area contributed by atoms with Crippen molar-refractivity contribution in [3.05, 3.63) is 105 Å². The summed E-state index contributed by atoms with van der Waals surface area (Å²) in [5.41, 5.74) is 2.93. The molecule has 1 aliphatic rings. The Morgan fingerprint density at radius 2 is 1.60 bits per heavy atom. The molecule has 0 spiro atoms. The monoisotopic (exact) mass is 534 g/mol. The fourth-order valence-electron chi connectivity index (χ4n) is 3.29. The van der Waals surface area contributed by atoms with Crippen LogP contribution in [-0.2, 0) is 23.3 Å². The fraction of sp³-hybridized carbons (Fsp3) is 0.231. The van der Waals surface area contributed by atoms with Crippen molar-refractivity contribution in [3.63, 3.8) is 0 Å². The molecule has 0 N–H and O–H groups in total.